The van der Waals surface area contributed by atoms with Crippen LogP contribution in [0, 0.1) is 0 Å². The lowest BCUT2D eigenvalue weighted by molar-refractivity contribution is 0.700. The van der Waals surface area contributed by atoms with Crippen LogP contribution in [-0.2, 0) is 12.8 Å². The first-order valence-corrected chi connectivity index (χ1v) is 10.5. The maximum Gasteiger partial charge on any atom is 0.260 e. The highest BCUT2D eigenvalue weighted by Crippen LogP contribution is 2.34. The van der Waals surface area contributed by atoms with Gasteiger partial charge in [-0.3, -0.25) is 4.79 Å². The number of hydrogen-bond acceptors (Lipinski definition) is 4. The van der Waals surface area contributed by atoms with E-state index in [1.807, 2.05) is 37.4 Å². The van der Waals surface area contributed by atoms with Crippen molar-refractivity contribution in [2.24, 2.45) is 0 Å². The topological polar surface area (TPSA) is 49.0 Å². The number of aryl methyl sites for hydroxylation is 2. The first kappa shape index (κ1) is 17.2. The van der Waals surface area contributed by atoms with Crippen molar-refractivity contribution >= 4 is 32.9 Å². The van der Waals surface area contributed by atoms with Crippen LogP contribution in [0.3, 0.4) is 0 Å². The number of benzene rings is 2. The van der Waals surface area contributed by atoms with Gasteiger partial charge in [-0.15, -0.1) is 11.3 Å². The third kappa shape index (κ3) is 2.92. The molecule has 2 aromatic carbocycles. The second-order valence-corrected chi connectivity index (χ2v) is 8.33. The number of aromatic nitrogens is 2. The summed E-state index contributed by atoms with van der Waals surface area (Å²) < 4.78 is 0. The fraction of sp³-hybridized carbons (Fsp3) is 0.217. The molecule has 4 aromatic rings. The van der Waals surface area contributed by atoms with Crippen molar-refractivity contribution in [1.29, 1.82) is 0 Å². The predicted octanol–water partition coefficient (Wildman–Crippen LogP) is 5.30. The van der Waals surface area contributed by atoms with Gasteiger partial charge in [0.15, 0.2) is 0 Å². The van der Waals surface area contributed by atoms with E-state index < -0.39 is 0 Å². The summed E-state index contributed by atoms with van der Waals surface area (Å²) in [5.41, 5.74) is 4.36. The Morgan fingerprint density at radius 3 is 2.46 bits per heavy atom. The number of thiophene rings is 1. The Hall–Kier alpha value is -2.92. The molecule has 0 unspecified atom stereocenters. The monoisotopic (exact) mass is 387 g/mol. The highest BCUT2D eigenvalue weighted by molar-refractivity contribution is 7.18. The van der Waals surface area contributed by atoms with E-state index in [0.717, 1.165) is 46.4 Å². The van der Waals surface area contributed by atoms with Crippen LogP contribution in [0.25, 0.3) is 21.6 Å². The Morgan fingerprint density at radius 1 is 0.964 bits per heavy atom. The summed E-state index contributed by atoms with van der Waals surface area (Å²) in [5.74, 6) is 0.644. The SMILES string of the molecule is CN(c1ccccc1)c1ccc(-c2nc3sc4c(c3c(=O)[nH]2)CCCC4)cc1. The number of para-hydroxylation sites is 1. The minimum absolute atomic E-state index is 0.00937. The average Bonchev–Trinajstić information content (AvgIpc) is 3.13. The summed E-state index contributed by atoms with van der Waals surface area (Å²) in [6, 6.07) is 18.4. The number of fused-ring (bicyclic) bond motifs is 3. The highest BCUT2D eigenvalue weighted by Gasteiger charge is 2.20. The number of H-pyrrole nitrogens is 1. The summed E-state index contributed by atoms with van der Waals surface area (Å²) in [7, 11) is 2.05. The highest BCUT2D eigenvalue weighted by atomic mass is 32.1. The van der Waals surface area contributed by atoms with Crippen LogP contribution >= 0.6 is 11.3 Å². The fourth-order valence-electron chi connectivity index (χ4n) is 3.94. The molecule has 28 heavy (non-hydrogen) atoms. The molecule has 0 radical (unpaired) electrons. The van der Waals surface area contributed by atoms with Crippen molar-refractivity contribution in [2.45, 2.75) is 25.7 Å². The summed E-state index contributed by atoms with van der Waals surface area (Å²) in [5, 5.41) is 0.809. The van der Waals surface area contributed by atoms with Gasteiger partial charge in [0.2, 0.25) is 0 Å². The van der Waals surface area contributed by atoms with Crippen LogP contribution in [0.5, 0.6) is 0 Å². The molecule has 1 aliphatic rings. The first-order valence-electron chi connectivity index (χ1n) is 9.64. The number of nitrogens with one attached hydrogen (secondary N) is 1. The Kier molecular flexibility index (Phi) is 4.24. The number of aromatic amines is 1. The quantitative estimate of drug-likeness (QED) is 0.519. The molecule has 1 N–H and O–H groups in total. The molecule has 2 heterocycles. The lowest BCUT2D eigenvalue weighted by atomic mass is 9.97. The molecule has 0 saturated heterocycles. The third-order valence-corrected chi connectivity index (χ3v) is 6.68. The van der Waals surface area contributed by atoms with E-state index in [9.17, 15) is 4.79 Å². The second kappa shape index (κ2) is 6.91. The Morgan fingerprint density at radius 2 is 1.68 bits per heavy atom. The predicted molar refractivity (Wildman–Crippen MR) is 117 cm³/mol. The summed E-state index contributed by atoms with van der Waals surface area (Å²) in [6.45, 7) is 0. The van der Waals surface area contributed by atoms with Crippen molar-refractivity contribution in [1.82, 2.24) is 9.97 Å². The van der Waals surface area contributed by atoms with Crippen molar-refractivity contribution in [2.75, 3.05) is 11.9 Å². The minimum atomic E-state index is -0.00937. The average molecular weight is 388 g/mol. The summed E-state index contributed by atoms with van der Waals surface area (Å²) in [4.78, 5) is 24.9. The molecule has 140 valence electrons. The zero-order chi connectivity index (χ0) is 19.1. The van der Waals surface area contributed by atoms with Crippen molar-refractivity contribution in [3.05, 3.63) is 75.4 Å². The Balaban J connectivity index is 1.51. The lowest BCUT2D eigenvalue weighted by Crippen LogP contribution is -2.11. The van der Waals surface area contributed by atoms with E-state index in [1.54, 1.807) is 11.3 Å². The van der Waals surface area contributed by atoms with E-state index in [4.69, 9.17) is 4.98 Å². The third-order valence-electron chi connectivity index (χ3n) is 5.50. The molecule has 0 saturated carbocycles. The zero-order valence-corrected chi connectivity index (χ0v) is 16.6. The Labute approximate surface area is 167 Å². The first-order chi connectivity index (χ1) is 13.7. The summed E-state index contributed by atoms with van der Waals surface area (Å²) in [6.07, 6.45) is 4.45. The van der Waals surface area contributed by atoms with E-state index in [0.29, 0.717) is 5.82 Å². The number of anilines is 2. The van der Waals surface area contributed by atoms with Gasteiger partial charge >= 0.3 is 0 Å². The number of rotatable bonds is 3. The molecular weight excluding hydrogens is 366 g/mol. The fourth-order valence-corrected chi connectivity index (χ4v) is 5.21. The lowest BCUT2D eigenvalue weighted by Gasteiger charge is -2.19. The van der Waals surface area contributed by atoms with Crippen LogP contribution < -0.4 is 10.5 Å². The molecule has 5 rings (SSSR count). The molecular formula is C23H21N3OS. The van der Waals surface area contributed by atoms with Crippen LogP contribution in [0.1, 0.15) is 23.3 Å². The normalized spacial score (nSPS) is 13.5. The maximum atomic E-state index is 12.8. The van der Waals surface area contributed by atoms with E-state index in [1.165, 1.54) is 16.9 Å². The zero-order valence-electron chi connectivity index (χ0n) is 15.7. The molecule has 0 spiro atoms. The van der Waals surface area contributed by atoms with E-state index >= 15 is 0 Å². The van der Waals surface area contributed by atoms with Gasteiger partial charge in [0, 0.05) is 28.9 Å². The van der Waals surface area contributed by atoms with Gasteiger partial charge in [-0.05, 0) is 67.6 Å². The second-order valence-electron chi connectivity index (χ2n) is 7.25. The molecule has 5 heteroatoms. The molecule has 0 amide bonds. The smallest absolute Gasteiger partial charge is 0.260 e. The van der Waals surface area contributed by atoms with Crippen LogP contribution in [0.4, 0.5) is 11.4 Å². The van der Waals surface area contributed by atoms with Gasteiger partial charge < -0.3 is 9.88 Å². The molecule has 0 atom stereocenters. The Bertz CT molecular complexity index is 1190. The van der Waals surface area contributed by atoms with Crippen LogP contribution in [-0.4, -0.2) is 17.0 Å². The van der Waals surface area contributed by atoms with Crippen molar-refractivity contribution < 1.29 is 0 Å². The molecule has 0 aliphatic heterocycles. The van der Waals surface area contributed by atoms with E-state index in [-0.39, 0.29) is 5.56 Å². The molecule has 0 bridgehead atoms. The number of hydrogen-bond donors (Lipinski definition) is 1. The van der Waals surface area contributed by atoms with Crippen LogP contribution in [0.2, 0.25) is 0 Å². The standard InChI is InChI=1S/C23H21N3OS/c1-26(16-7-3-2-4-8-16)17-13-11-15(12-14-17)21-24-22(27)20-18-9-5-6-10-19(18)28-23(20)25-21/h2-4,7-8,11-14H,5-6,9-10H2,1H3,(H,24,25,27). The van der Waals surface area contributed by atoms with Gasteiger partial charge in [0.25, 0.3) is 5.56 Å². The van der Waals surface area contributed by atoms with Gasteiger partial charge in [0.05, 0.1) is 5.39 Å². The molecule has 2 aromatic heterocycles. The number of nitrogens with zero attached hydrogens (tertiary/aromatic N) is 2. The maximum absolute atomic E-state index is 12.8. The largest absolute Gasteiger partial charge is 0.345 e. The molecule has 4 nitrogen and oxygen atoms in total. The summed E-state index contributed by atoms with van der Waals surface area (Å²) >= 11 is 1.69. The van der Waals surface area contributed by atoms with Gasteiger partial charge in [-0.25, -0.2) is 4.98 Å². The molecule has 1 aliphatic carbocycles. The van der Waals surface area contributed by atoms with Crippen molar-refractivity contribution in [3.8, 4) is 11.4 Å². The van der Waals surface area contributed by atoms with Gasteiger partial charge in [-0.2, -0.15) is 0 Å². The van der Waals surface area contributed by atoms with E-state index in [2.05, 4.69) is 34.1 Å². The van der Waals surface area contributed by atoms with Gasteiger partial charge in [-0.1, -0.05) is 18.2 Å². The van der Waals surface area contributed by atoms with Crippen LogP contribution in [0.15, 0.2) is 59.4 Å². The van der Waals surface area contributed by atoms with Gasteiger partial charge in [0.1, 0.15) is 10.7 Å². The van der Waals surface area contributed by atoms with Crippen molar-refractivity contribution in [3.63, 3.8) is 0 Å². The molecule has 0 fully saturated rings. The minimum Gasteiger partial charge on any atom is -0.345 e.